The molecular weight excluding hydrogens is 368 g/mol. The zero-order valence-electron chi connectivity index (χ0n) is 14.8. The lowest BCUT2D eigenvalue weighted by Gasteiger charge is -2.09. The maximum atomic E-state index is 12.4. The zero-order valence-corrected chi connectivity index (χ0v) is 15.6. The monoisotopic (exact) mass is 388 g/mol. The van der Waals surface area contributed by atoms with Gasteiger partial charge in [0.2, 0.25) is 10.0 Å². The summed E-state index contributed by atoms with van der Waals surface area (Å²) in [7, 11) is -3.65. The summed E-state index contributed by atoms with van der Waals surface area (Å²) in [6.45, 7) is 2.20. The van der Waals surface area contributed by atoms with E-state index in [4.69, 9.17) is 0 Å². The van der Waals surface area contributed by atoms with Crippen molar-refractivity contribution in [2.45, 2.75) is 31.2 Å². The number of hydrogen-bond donors (Lipinski definition) is 1. The van der Waals surface area contributed by atoms with Crippen LogP contribution in [-0.4, -0.2) is 39.5 Å². The molecule has 10 heteroatoms. The lowest BCUT2D eigenvalue weighted by atomic mass is 10.1. The molecule has 0 radical (unpaired) electrons. The second-order valence-corrected chi connectivity index (χ2v) is 7.65. The largest absolute Gasteiger partial charge is 0.268 e. The summed E-state index contributed by atoms with van der Waals surface area (Å²) in [5.74, 6) is 0.418. The summed E-state index contributed by atoms with van der Waals surface area (Å²) in [6.07, 6.45) is 4.73. The Bertz CT molecular complexity index is 1040. The molecule has 0 aliphatic carbocycles. The molecule has 1 aromatic carbocycles. The summed E-state index contributed by atoms with van der Waals surface area (Å²) in [6, 6.07) is 9.67. The van der Waals surface area contributed by atoms with Crippen molar-refractivity contribution in [3.63, 3.8) is 0 Å². The van der Waals surface area contributed by atoms with E-state index in [1.807, 2.05) is 12.1 Å². The van der Waals surface area contributed by atoms with E-state index in [0.717, 1.165) is 18.4 Å². The third kappa shape index (κ3) is 4.66. The molecule has 1 N–H and O–H groups in total. The molecule has 142 valence electrons. The van der Waals surface area contributed by atoms with Crippen LogP contribution in [0.2, 0.25) is 0 Å². The van der Waals surface area contributed by atoms with E-state index < -0.39 is 10.0 Å². The summed E-state index contributed by atoms with van der Waals surface area (Å²) < 4.78 is 29.9. The molecule has 27 heavy (non-hydrogen) atoms. The molecule has 0 aliphatic heterocycles. The Kier molecular flexibility index (Phi) is 5.77. The fraction of sp³-hybridized carbons (Fsp3) is 0.294. The predicted molar refractivity (Wildman–Crippen MR) is 99.0 cm³/mol. The van der Waals surface area contributed by atoms with E-state index in [1.54, 1.807) is 12.1 Å². The van der Waals surface area contributed by atoms with Crippen molar-refractivity contribution in [2.75, 3.05) is 6.54 Å². The Morgan fingerprint density at radius 2 is 1.89 bits per heavy atom. The van der Waals surface area contributed by atoms with Crippen molar-refractivity contribution in [1.82, 2.24) is 29.3 Å². The maximum Gasteiger partial charge on any atom is 0.266 e. The Morgan fingerprint density at radius 3 is 2.56 bits per heavy atom. The molecule has 3 rings (SSSR count). The predicted octanol–water partition coefficient (Wildman–Crippen LogP) is 0.755. The highest BCUT2D eigenvalue weighted by Gasteiger charge is 2.13. The summed E-state index contributed by atoms with van der Waals surface area (Å²) >= 11 is 0. The van der Waals surface area contributed by atoms with Crippen LogP contribution in [0.25, 0.3) is 5.82 Å². The number of benzene rings is 1. The van der Waals surface area contributed by atoms with Crippen molar-refractivity contribution in [1.29, 1.82) is 0 Å². The lowest BCUT2D eigenvalue weighted by molar-refractivity contribution is 0.542. The standard InChI is InChI=1S/C17H20N6O3S/c1-2-3-14-4-6-15(7-5-14)27(25,26)20-10-11-22-17(24)9-8-16(21-22)23-13-18-12-19-23/h4-9,12-13,20H,2-3,10-11H2,1H3. The van der Waals surface area contributed by atoms with Crippen LogP contribution in [0, 0.1) is 0 Å². The van der Waals surface area contributed by atoms with Crippen LogP contribution in [0.1, 0.15) is 18.9 Å². The second kappa shape index (κ2) is 8.23. The van der Waals surface area contributed by atoms with Gasteiger partial charge in [-0.2, -0.15) is 5.10 Å². The number of aromatic nitrogens is 5. The first kappa shape index (κ1) is 18.9. The van der Waals surface area contributed by atoms with Crippen LogP contribution < -0.4 is 10.3 Å². The average Bonchev–Trinajstić information content (AvgIpc) is 3.19. The molecule has 9 nitrogen and oxygen atoms in total. The minimum atomic E-state index is -3.65. The molecule has 0 unspecified atom stereocenters. The van der Waals surface area contributed by atoms with Gasteiger partial charge in [-0.1, -0.05) is 25.5 Å². The molecule has 0 saturated carbocycles. The van der Waals surface area contributed by atoms with Crippen molar-refractivity contribution in [2.24, 2.45) is 0 Å². The van der Waals surface area contributed by atoms with Gasteiger partial charge in [-0.25, -0.2) is 27.5 Å². The smallest absolute Gasteiger partial charge is 0.266 e. The number of nitrogens with one attached hydrogen (secondary N) is 1. The Morgan fingerprint density at radius 1 is 1.11 bits per heavy atom. The maximum absolute atomic E-state index is 12.4. The SMILES string of the molecule is CCCc1ccc(S(=O)(=O)NCCn2nc(-n3cncn3)ccc2=O)cc1. The normalized spacial score (nSPS) is 11.6. The quantitative estimate of drug-likeness (QED) is 0.610. The highest BCUT2D eigenvalue weighted by atomic mass is 32.2. The van der Waals surface area contributed by atoms with Crippen molar-refractivity contribution < 1.29 is 8.42 Å². The van der Waals surface area contributed by atoms with Gasteiger partial charge in [0.1, 0.15) is 12.7 Å². The molecule has 3 aromatic rings. The van der Waals surface area contributed by atoms with Gasteiger partial charge in [-0.3, -0.25) is 4.79 Å². The lowest BCUT2D eigenvalue weighted by Crippen LogP contribution is -2.32. The van der Waals surface area contributed by atoms with Gasteiger partial charge in [-0.15, -0.1) is 5.10 Å². The number of rotatable bonds is 8. The fourth-order valence-electron chi connectivity index (χ4n) is 2.54. The molecule has 0 spiro atoms. The van der Waals surface area contributed by atoms with E-state index in [9.17, 15) is 13.2 Å². The molecule has 0 amide bonds. The number of aryl methyl sites for hydroxylation is 1. The number of hydrogen-bond acceptors (Lipinski definition) is 6. The number of nitrogens with zero attached hydrogens (tertiary/aromatic N) is 5. The molecule has 0 atom stereocenters. The van der Waals surface area contributed by atoms with Gasteiger partial charge in [0.05, 0.1) is 11.4 Å². The second-order valence-electron chi connectivity index (χ2n) is 5.88. The van der Waals surface area contributed by atoms with Crippen LogP contribution in [0.5, 0.6) is 0 Å². The van der Waals surface area contributed by atoms with Crippen molar-refractivity contribution in [3.05, 3.63) is 65.0 Å². The van der Waals surface area contributed by atoms with Gasteiger partial charge in [0, 0.05) is 12.6 Å². The van der Waals surface area contributed by atoms with E-state index in [-0.39, 0.29) is 23.5 Å². The fourth-order valence-corrected chi connectivity index (χ4v) is 3.56. The topological polar surface area (TPSA) is 112 Å². The first-order valence-corrected chi connectivity index (χ1v) is 9.99. The molecule has 0 aliphatic rings. The van der Waals surface area contributed by atoms with Crippen LogP contribution in [0.15, 0.2) is 58.7 Å². The highest BCUT2D eigenvalue weighted by Crippen LogP contribution is 2.11. The first-order valence-electron chi connectivity index (χ1n) is 8.51. The average molecular weight is 388 g/mol. The van der Waals surface area contributed by atoms with Crippen molar-refractivity contribution >= 4 is 10.0 Å². The van der Waals surface area contributed by atoms with Gasteiger partial charge in [-0.05, 0) is 30.2 Å². The Balaban J connectivity index is 1.66. The third-order valence-electron chi connectivity index (χ3n) is 3.89. The highest BCUT2D eigenvalue weighted by molar-refractivity contribution is 7.89. The minimum absolute atomic E-state index is 0.0345. The number of sulfonamides is 1. The van der Waals surface area contributed by atoms with E-state index >= 15 is 0 Å². The Hall–Kier alpha value is -2.85. The van der Waals surface area contributed by atoms with Gasteiger partial charge in [0.15, 0.2) is 5.82 Å². The minimum Gasteiger partial charge on any atom is -0.268 e. The third-order valence-corrected chi connectivity index (χ3v) is 5.37. The molecular formula is C17H20N6O3S. The van der Waals surface area contributed by atoms with Crippen LogP contribution in [0.3, 0.4) is 0 Å². The van der Waals surface area contributed by atoms with E-state index in [2.05, 4.69) is 26.8 Å². The van der Waals surface area contributed by atoms with Gasteiger partial charge >= 0.3 is 0 Å². The van der Waals surface area contributed by atoms with Crippen molar-refractivity contribution in [3.8, 4) is 5.82 Å². The van der Waals surface area contributed by atoms with Crippen LogP contribution in [-0.2, 0) is 23.0 Å². The zero-order chi connectivity index (χ0) is 19.3. The first-order chi connectivity index (χ1) is 13.0. The Labute approximate surface area is 156 Å². The summed E-state index contributed by atoms with van der Waals surface area (Å²) in [5, 5.41) is 8.12. The molecule has 2 aromatic heterocycles. The van der Waals surface area contributed by atoms with E-state index in [1.165, 1.54) is 34.2 Å². The summed E-state index contributed by atoms with van der Waals surface area (Å²) in [4.78, 5) is 16.0. The van der Waals surface area contributed by atoms with E-state index in [0.29, 0.717) is 5.82 Å². The molecule has 0 fully saturated rings. The molecule has 0 saturated heterocycles. The molecule has 2 heterocycles. The summed E-state index contributed by atoms with van der Waals surface area (Å²) in [5.41, 5.74) is 0.763. The molecule has 0 bridgehead atoms. The van der Waals surface area contributed by atoms with Crippen LogP contribution >= 0.6 is 0 Å². The van der Waals surface area contributed by atoms with Gasteiger partial charge in [0.25, 0.3) is 5.56 Å². The van der Waals surface area contributed by atoms with Crippen LogP contribution in [0.4, 0.5) is 0 Å². The van der Waals surface area contributed by atoms with Gasteiger partial charge < -0.3 is 0 Å².